The molecule has 2 saturated heterocycles. The number of nitrogens with zero attached hydrogens (tertiary/aromatic N) is 3. The van der Waals surface area contributed by atoms with E-state index in [-0.39, 0.29) is 17.9 Å². The van der Waals surface area contributed by atoms with Crippen molar-refractivity contribution in [1.82, 2.24) is 9.88 Å². The highest BCUT2D eigenvalue weighted by Crippen LogP contribution is 2.40. The summed E-state index contributed by atoms with van der Waals surface area (Å²) in [6.07, 6.45) is 3.27. The van der Waals surface area contributed by atoms with E-state index in [0.29, 0.717) is 26.1 Å². The van der Waals surface area contributed by atoms with E-state index in [2.05, 4.69) is 29.3 Å². The predicted molar refractivity (Wildman–Crippen MR) is 163 cm³/mol. The van der Waals surface area contributed by atoms with Crippen LogP contribution >= 0.6 is 11.3 Å². The first kappa shape index (κ1) is 28.7. The lowest BCUT2D eigenvalue weighted by molar-refractivity contribution is -0.152. The third kappa shape index (κ3) is 5.52. The molecule has 222 valence electrons. The first-order chi connectivity index (χ1) is 20.2. The standard InChI is InChI=1S/C33H39N3O5S/c1-21-4-7-29(27(16-21)28-20-42-32(34-28)35-13-11-33(3,31(38)39)22(2)18-35)41-19-23-5-6-26-24(17-23)8-12-36(30(26)37)25-9-14-40-15-10-25/h4-7,16-17,20,22,25H,8-15,18-19H2,1-3H3,(H,38,39)/t22-,33-/m0/s1. The first-order valence-electron chi connectivity index (χ1n) is 14.9. The highest BCUT2D eigenvalue weighted by Gasteiger charge is 2.43. The second kappa shape index (κ2) is 11.7. The van der Waals surface area contributed by atoms with Crippen LogP contribution in [-0.4, -0.2) is 65.8 Å². The molecule has 0 unspecified atom stereocenters. The maximum Gasteiger partial charge on any atom is 0.309 e. The Hall–Kier alpha value is -3.43. The number of rotatable bonds is 7. The molecule has 0 aliphatic carbocycles. The molecule has 8 nitrogen and oxygen atoms in total. The van der Waals surface area contributed by atoms with Gasteiger partial charge in [-0.1, -0.05) is 30.7 Å². The number of hydrogen-bond donors (Lipinski definition) is 1. The molecule has 4 heterocycles. The number of benzene rings is 2. The van der Waals surface area contributed by atoms with Crippen molar-refractivity contribution in [3.63, 3.8) is 0 Å². The van der Waals surface area contributed by atoms with Gasteiger partial charge in [-0.2, -0.15) is 0 Å². The number of aromatic nitrogens is 1. The van der Waals surface area contributed by atoms with Crippen LogP contribution in [-0.2, 0) is 22.6 Å². The van der Waals surface area contributed by atoms with Gasteiger partial charge >= 0.3 is 5.97 Å². The molecule has 1 N–H and O–H groups in total. The Labute approximate surface area is 251 Å². The fraction of sp³-hybridized carbons (Fsp3) is 0.485. The van der Waals surface area contributed by atoms with Gasteiger partial charge in [0.25, 0.3) is 5.91 Å². The summed E-state index contributed by atoms with van der Waals surface area (Å²) in [6.45, 7) is 9.86. The number of hydrogen-bond acceptors (Lipinski definition) is 7. The minimum absolute atomic E-state index is 0.0193. The number of aliphatic carboxylic acids is 1. The zero-order valence-electron chi connectivity index (χ0n) is 24.6. The molecule has 2 fully saturated rings. The molecule has 0 bridgehead atoms. The van der Waals surface area contributed by atoms with Gasteiger partial charge in [-0.25, -0.2) is 4.98 Å². The second-order valence-electron chi connectivity index (χ2n) is 12.2. The Kier molecular flexibility index (Phi) is 7.98. The highest BCUT2D eigenvalue weighted by atomic mass is 32.1. The summed E-state index contributed by atoms with van der Waals surface area (Å²) in [5, 5.41) is 12.7. The monoisotopic (exact) mass is 589 g/mol. The van der Waals surface area contributed by atoms with Crippen molar-refractivity contribution in [2.24, 2.45) is 11.3 Å². The third-order valence-corrected chi connectivity index (χ3v) is 10.4. The smallest absolute Gasteiger partial charge is 0.309 e. The molecule has 1 amide bonds. The molecule has 3 aliphatic rings. The van der Waals surface area contributed by atoms with Crippen LogP contribution in [0.1, 0.15) is 60.2 Å². The summed E-state index contributed by atoms with van der Waals surface area (Å²) in [7, 11) is 0. The van der Waals surface area contributed by atoms with Gasteiger partial charge in [0, 0.05) is 55.4 Å². The van der Waals surface area contributed by atoms with Crippen LogP contribution in [0.2, 0.25) is 0 Å². The van der Waals surface area contributed by atoms with E-state index < -0.39 is 11.4 Å². The highest BCUT2D eigenvalue weighted by molar-refractivity contribution is 7.14. The number of carboxylic acids is 1. The van der Waals surface area contributed by atoms with Crippen molar-refractivity contribution in [3.05, 3.63) is 64.0 Å². The summed E-state index contributed by atoms with van der Waals surface area (Å²) in [5.41, 5.74) is 5.15. The van der Waals surface area contributed by atoms with E-state index in [1.54, 1.807) is 11.3 Å². The Morgan fingerprint density at radius 1 is 1.17 bits per heavy atom. The van der Waals surface area contributed by atoms with Crippen LogP contribution in [0.15, 0.2) is 41.8 Å². The Morgan fingerprint density at radius 3 is 2.74 bits per heavy atom. The van der Waals surface area contributed by atoms with Crippen molar-refractivity contribution in [2.45, 2.75) is 59.1 Å². The van der Waals surface area contributed by atoms with E-state index in [1.807, 2.05) is 43.0 Å². The summed E-state index contributed by atoms with van der Waals surface area (Å²) < 4.78 is 11.9. The number of anilines is 1. The molecule has 0 radical (unpaired) electrons. The molecule has 42 heavy (non-hydrogen) atoms. The summed E-state index contributed by atoms with van der Waals surface area (Å²) in [4.78, 5) is 34.3. The van der Waals surface area contributed by atoms with Crippen LogP contribution in [0.3, 0.4) is 0 Å². The summed E-state index contributed by atoms with van der Waals surface area (Å²) in [5.74, 6) is 0.193. The molecular weight excluding hydrogens is 550 g/mol. The van der Waals surface area contributed by atoms with Crippen molar-refractivity contribution >= 4 is 28.3 Å². The van der Waals surface area contributed by atoms with E-state index in [4.69, 9.17) is 14.5 Å². The number of piperidine rings is 1. The predicted octanol–water partition coefficient (Wildman–Crippen LogP) is 5.81. The van der Waals surface area contributed by atoms with E-state index in [0.717, 1.165) is 83.4 Å². The van der Waals surface area contributed by atoms with Crippen LogP contribution in [0, 0.1) is 18.3 Å². The van der Waals surface area contributed by atoms with Crippen molar-refractivity contribution in [1.29, 1.82) is 0 Å². The molecule has 0 saturated carbocycles. The number of aryl methyl sites for hydroxylation is 1. The molecule has 9 heteroatoms. The number of carboxylic acid groups (broad SMARTS) is 1. The number of carbonyl (C=O) groups excluding carboxylic acids is 1. The van der Waals surface area contributed by atoms with Crippen LogP contribution in [0.25, 0.3) is 11.3 Å². The zero-order valence-corrected chi connectivity index (χ0v) is 25.4. The third-order valence-electron chi connectivity index (χ3n) is 9.45. The zero-order chi connectivity index (χ0) is 29.4. The first-order valence-corrected chi connectivity index (χ1v) is 15.8. The van der Waals surface area contributed by atoms with Gasteiger partial charge in [0.05, 0.1) is 11.1 Å². The number of fused-ring (bicyclic) bond motifs is 1. The molecule has 2 atom stereocenters. The largest absolute Gasteiger partial charge is 0.488 e. The SMILES string of the molecule is Cc1ccc(OCc2ccc3c(c2)CCN(C2CCOCC2)C3=O)c(-c2csc(N3CC[C@](C)(C(=O)O)[C@@H](C)C3)n2)c1. The van der Waals surface area contributed by atoms with Gasteiger partial charge in [0.15, 0.2) is 5.13 Å². The van der Waals surface area contributed by atoms with Gasteiger partial charge in [-0.15, -0.1) is 11.3 Å². The van der Waals surface area contributed by atoms with Gasteiger partial charge in [0.2, 0.25) is 0 Å². The Morgan fingerprint density at radius 2 is 1.98 bits per heavy atom. The molecule has 0 spiro atoms. The minimum Gasteiger partial charge on any atom is -0.488 e. The average Bonchev–Trinajstić information content (AvgIpc) is 3.49. The fourth-order valence-corrected chi connectivity index (χ4v) is 7.25. The second-order valence-corrected chi connectivity index (χ2v) is 13.0. The van der Waals surface area contributed by atoms with Crippen LogP contribution in [0.5, 0.6) is 5.75 Å². The lowest BCUT2D eigenvalue weighted by Crippen LogP contribution is -2.48. The van der Waals surface area contributed by atoms with Gasteiger partial charge in [-0.3, -0.25) is 9.59 Å². The van der Waals surface area contributed by atoms with E-state index >= 15 is 0 Å². The molecule has 6 rings (SSSR count). The van der Waals surface area contributed by atoms with Crippen LogP contribution < -0.4 is 9.64 Å². The lowest BCUT2D eigenvalue weighted by atomic mass is 9.73. The molecule has 3 aliphatic heterocycles. The summed E-state index contributed by atoms with van der Waals surface area (Å²) in [6, 6.07) is 12.5. The molecule has 3 aromatic rings. The quantitative estimate of drug-likeness (QED) is 0.372. The Balaban J connectivity index is 1.15. The normalized spacial score (nSPS) is 23.1. The minimum atomic E-state index is -0.724. The van der Waals surface area contributed by atoms with Crippen molar-refractivity contribution < 1.29 is 24.2 Å². The van der Waals surface area contributed by atoms with Crippen molar-refractivity contribution in [2.75, 3.05) is 37.7 Å². The topological polar surface area (TPSA) is 92.2 Å². The van der Waals surface area contributed by atoms with Crippen LogP contribution in [0.4, 0.5) is 5.13 Å². The molecule has 1 aromatic heterocycles. The maximum absolute atomic E-state index is 13.3. The Bertz CT molecular complexity index is 1480. The van der Waals surface area contributed by atoms with Gasteiger partial charge in [0.1, 0.15) is 12.4 Å². The van der Waals surface area contributed by atoms with Crippen molar-refractivity contribution in [3.8, 4) is 17.0 Å². The number of amides is 1. The van der Waals surface area contributed by atoms with E-state index in [9.17, 15) is 14.7 Å². The number of thiazole rings is 1. The van der Waals surface area contributed by atoms with Gasteiger partial charge < -0.3 is 24.4 Å². The lowest BCUT2D eigenvalue weighted by Gasteiger charge is -2.41. The number of ether oxygens (including phenoxy) is 2. The average molecular weight is 590 g/mol. The maximum atomic E-state index is 13.3. The summed E-state index contributed by atoms with van der Waals surface area (Å²) >= 11 is 1.59. The van der Waals surface area contributed by atoms with Gasteiger partial charge in [-0.05, 0) is 74.8 Å². The van der Waals surface area contributed by atoms with E-state index in [1.165, 1.54) is 0 Å². The molecular formula is C33H39N3O5S. The number of carbonyl (C=O) groups is 2. The fourth-order valence-electron chi connectivity index (χ4n) is 6.39. The molecule has 2 aromatic carbocycles.